The van der Waals surface area contributed by atoms with E-state index in [9.17, 15) is 14.0 Å². The summed E-state index contributed by atoms with van der Waals surface area (Å²) in [6.45, 7) is 5.78. The quantitative estimate of drug-likeness (QED) is 0.678. The van der Waals surface area contributed by atoms with E-state index in [1.54, 1.807) is 11.4 Å². The molecule has 1 aromatic carbocycles. The summed E-state index contributed by atoms with van der Waals surface area (Å²) in [5, 5.41) is 4.31. The first kappa shape index (κ1) is 18.4. The minimum absolute atomic E-state index is 0.143. The summed E-state index contributed by atoms with van der Waals surface area (Å²) >= 11 is 1.25. The standard InChI is InChI=1S/C20H17FN2O4S/c1-2-17(25)22-14-8-12(7-13(21)9-14)15-11-28-20-16(24)10-18(27-19(15)20)23-3-5-26-6-4-23/h2,7-11H,1,3-6H2,(H,22,25). The third-order valence-electron chi connectivity index (χ3n) is 4.41. The van der Waals surface area contributed by atoms with Crippen molar-refractivity contribution in [3.8, 4) is 11.1 Å². The fraction of sp³-hybridized carbons (Fsp3) is 0.200. The van der Waals surface area contributed by atoms with Gasteiger partial charge in [-0.25, -0.2) is 4.39 Å². The first-order chi connectivity index (χ1) is 13.5. The smallest absolute Gasteiger partial charge is 0.247 e. The van der Waals surface area contributed by atoms with Crippen LogP contribution in [0, 0.1) is 5.82 Å². The zero-order chi connectivity index (χ0) is 19.7. The van der Waals surface area contributed by atoms with Gasteiger partial charge in [0.25, 0.3) is 0 Å². The van der Waals surface area contributed by atoms with Crippen LogP contribution < -0.4 is 15.6 Å². The van der Waals surface area contributed by atoms with Gasteiger partial charge in [0.05, 0.1) is 13.2 Å². The van der Waals surface area contributed by atoms with E-state index in [4.69, 9.17) is 9.15 Å². The largest absolute Gasteiger partial charge is 0.439 e. The lowest BCUT2D eigenvalue weighted by molar-refractivity contribution is -0.111. The van der Waals surface area contributed by atoms with Crippen LogP contribution in [-0.2, 0) is 9.53 Å². The maximum Gasteiger partial charge on any atom is 0.247 e. The molecule has 8 heteroatoms. The van der Waals surface area contributed by atoms with E-state index in [0.717, 1.165) is 6.08 Å². The molecule has 1 saturated heterocycles. The number of fused-ring (bicyclic) bond motifs is 1. The molecule has 4 rings (SSSR count). The Morgan fingerprint density at radius 1 is 1.25 bits per heavy atom. The number of anilines is 2. The van der Waals surface area contributed by atoms with Crippen molar-refractivity contribution in [2.24, 2.45) is 0 Å². The van der Waals surface area contributed by atoms with Crippen molar-refractivity contribution in [2.75, 3.05) is 36.5 Å². The van der Waals surface area contributed by atoms with Crippen molar-refractivity contribution < 1.29 is 18.3 Å². The van der Waals surface area contributed by atoms with E-state index >= 15 is 0 Å². The van der Waals surface area contributed by atoms with Crippen molar-refractivity contribution in [2.45, 2.75) is 0 Å². The number of benzene rings is 1. The summed E-state index contributed by atoms with van der Waals surface area (Å²) in [4.78, 5) is 26.0. The molecule has 1 N–H and O–H groups in total. The van der Waals surface area contributed by atoms with E-state index in [0.29, 0.717) is 59.3 Å². The Kier molecular flexibility index (Phi) is 4.97. The second-order valence-corrected chi connectivity index (χ2v) is 7.16. The van der Waals surface area contributed by atoms with E-state index in [1.165, 1.54) is 29.5 Å². The van der Waals surface area contributed by atoms with Crippen LogP contribution >= 0.6 is 11.3 Å². The van der Waals surface area contributed by atoms with Gasteiger partial charge in [0.2, 0.25) is 11.3 Å². The van der Waals surface area contributed by atoms with Crippen molar-refractivity contribution in [3.05, 3.63) is 58.3 Å². The Labute approximate surface area is 163 Å². The SMILES string of the molecule is C=CC(=O)Nc1cc(F)cc(-c2csc3c(=O)cc(N4CCOCC4)oc23)c1. The van der Waals surface area contributed by atoms with E-state index in [1.807, 2.05) is 4.90 Å². The summed E-state index contributed by atoms with van der Waals surface area (Å²) < 4.78 is 26.0. The molecule has 3 heterocycles. The Morgan fingerprint density at radius 2 is 2.04 bits per heavy atom. The van der Waals surface area contributed by atoms with Crippen LogP contribution in [-0.4, -0.2) is 32.2 Å². The Hall–Kier alpha value is -2.97. The predicted octanol–water partition coefficient (Wildman–Crippen LogP) is 3.62. The van der Waals surface area contributed by atoms with Gasteiger partial charge >= 0.3 is 0 Å². The topological polar surface area (TPSA) is 71.8 Å². The summed E-state index contributed by atoms with van der Waals surface area (Å²) in [5.41, 5.74) is 1.67. The number of nitrogens with one attached hydrogen (secondary N) is 1. The number of hydrogen-bond acceptors (Lipinski definition) is 6. The number of ether oxygens (including phenoxy) is 1. The molecule has 0 radical (unpaired) electrons. The lowest BCUT2D eigenvalue weighted by atomic mass is 10.1. The minimum Gasteiger partial charge on any atom is -0.439 e. The number of morpholine rings is 1. The van der Waals surface area contributed by atoms with Gasteiger partial charge in [-0.15, -0.1) is 11.3 Å². The molecule has 2 aromatic heterocycles. The zero-order valence-electron chi connectivity index (χ0n) is 14.9. The van der Waals surface area contributed by atoms with Crippen molar-refractivity contribution in [3.63, 3.8) is 0 Å². The van der Waals surface area contributed by atoms with Gasteiger partial charge in [-0.05, 0) is 29.8 Å². The van der Waals surface area contributed by atoms with E-state index in [2.05, 4.69) is 11.9 Å². The molecule has 1 amide bonds. The van der Waals surface area contributed by atoms with Crippen LogP contribution in [0.3, 0.4) is 0 Å². The highest BCUT2D eigenvalue weighted by molar-refractivity contribution is 7.17. The monoisotopic (exact) mass is 400 g/mol. The molecule has 6 nitrogen and oxygen atoms in total. The average Bonchev–Trinajstić information content (AvgIpc) is 3.13. The fourth-order valence-corrected chi connectivity index (χ4v) is 3.99. The molecule has 1 fully saturated rings. The Bertz CT molecular complexity index is 1120. The van der Waals surface area contributed by atoms with Gasteiger partial charge < -0.3 is 19.4 Å². The highest BCUT2D eigenvalue weighted by atomic mass is 32.1. The minimum atomic E-state index is -0.511. The highest BCUT2D eigenvalue weighted by Crippen LogP contribution is 2.36. The van der Waals surface area contributed by atoms with E-state index < -0.39 is 11.7 Å². The van der Waals surface area contributed by atoms with Crippen molar-refractivity contribution >= 4 is 39.1 Å². The molecule has 0 spiro atoms. The molecule has 0 bridgehead atoms. The summed E-state index contributed by atoms with van der Waals surface area (Å²) in [6, 6.07) is 5.67. The van der Waals surface area contributed by atoms with Gasteiger partial charge in [0.1, 0.15) is 10.5 Å². The molecule has 1 aliphatic rings. The second-order valence-electron chi connectivity index (χ2n) is 6.28. The molecule has 28 heavy (non-hydrogen) atoms. The Balaban J connectivity index is 1.80. The molecule has 0 atom stereocenters. The molecule has 0 unspecified atom stereocenters. The highest BCUT2D eigenvalue weighted by Gasteiger charge is 2.19. The van der Waals surface area contributed by atoms with Crippen LogP contribution in [0.4, 0.5) is 16.0 Å². The molecule has 1 aliphatic heterocycles. The number of carbonyl (C=O) groups is 1. The maximum absolute atomic E-state index is 14.1. The molecular weight excluding hydrogens is 383 g/mol. The third kappa shape index (κ3) is 3.56. The number of amides is 1. The maximum atomic E-state index is 14.1. The average molecular weight is 400 g/mol. The van der Waals surface area contributed by atoms with Crippen LogP contribution in [0.2, 0.25) is 0 Å². The fourth-order valence-electron chi connectivity index (χ4n) is 3.08. The van der Waals surface area contributed by atoms with Gasteiger partial charge in [0.15, 0.2) is 11.5 Å². The van der Waals surface area contributed by atoms with Gasteiger partial charge in [-0.1, -0.05) is 6.58 Å². The molecular formula is C20H17FN2O4S. The number of carbonyl (C=O) groups excluding carboxylic acids is 1. The number of rotatable bonds is 4. The van der Waals surface area contributed by atoms with Crippen LogP contribution in [0.5, 0.6) is 0 Å². The zero-order valence-corrected chi connectivity index (χ0v) is 15.7. The lowest BCUT2D eigenvalue weighted by Gasteiger charge is -2.27. The molecule has 0 saturated carbocycles. The number of nitrogens with zero attached hydrogens (tertiary/aromatic N) is 1. The normalized spacial score (nSPS) is 14.2. The van der Waals surface area contributed by atoms with Gasteiger partial charge in [-0.3, -0.25) is 9.59 Å². The van der Waals surface area contributed by atoms with Crippen LogP contribution in [0.15, 0.2) is 51.5 Å². The third-order valence-corrected chi connectivity index (χ3v) is 5.39. The van der Waals surface area contributed by atoms with Crippen LogP contribution in [0.1, 0.15) is 0 Å². The summed E-state index contributed by atoms with van der Waals surface area (Å²) in [5.74, 6) is -0.479. The number of hydrogen-bond donors (Lipinski definition) is 1. The second kappa shape index (κ2) is 7.57. The van der Waals surface area contributed by atoms with Crippen molar-refractivity contribution in [1.82, 2.24) is 0 Å². The number of halogens is 1. The molecule has 3 aromatic rings. The molecule has 144 valence electrons. The van der Waals surface area contributed by atoms with Crippen LogP contribution in [0.25, 0.3) is 21.4 Å². The van der Waals surface area contributed by atoms with E-state index in [-0.39, 0.29) is 5.43 Å². The molecule has 0 aliphatic carbocycles. The predicted molar refractivity (Wildman–Crippen MR) is 108 cm³/mol. The lowest BCUT2D eigenvalue weighted by Crippen LogP contribution is -2.36. The summed E-state index contributed by atoms with van der Waals surface area (Å²) in [6.07, 6.45) is 1.11. The summed E-state index contributed by atoms with van der Waals surface area (Å²) in [7, 11) is 0. The number of thiophene rings is 1. The first-order valence-electron chi connectivity index (χ1n) is 8.67. The van der Waals surface area contributed by atoms with Gasteiger partial charge in [0, 0.05) is 35.8 Å². The Morgan fingerprint density at radius 3 is 2.79 bits per heavy atom. The van der Waals surface area contributed by atoms with Crippen molar-refractivity contribution in [1.29, 1.82) is 0 Å². The first-order valence-corrected chi connectivity index (χ1v) is 9.55. The van der Waals surface area contributed by atoms with Gasteiger partial charge in [-0.2, -0.15) is 0 Å².